The molecule has 0 aromatic heterocycles. The number of rotatable bonds is 3. The van der Waals surface area contributed by atoms with E-state index in [4.69, 9.17) is 0 Å². The molecule has 0 spiro atoms. The molecular weight excluding hydrogens is 153 g/mol. The summed E-state index contributed by atoms with van der Waals surface area (Å²) >= 11 is 0. The van der Waals surface area contributed by atoms with Gasteiger partial charge in [-0.15, -0.1) is 0 Å². The summed E-state index contributed by atoms with van der Waals surface area (Å²) < 4.78 is 12.4. The van der Waals surface area contributed by atoms with E-state index in [1.165, 1.54) is 0 Å². The fourth-order valence-corrected chi connectivity index (χ4v) is 2.19. The minimum absolute atomic E-state index is 0.139. The zero-order valence-electron chi connectivity index (χ0n) is 8.39. The highest BCUT2D eigenvalue weighted by molar-refractivity contribution is 4.85. The Morgan fingerprint density at radius 2 is 2.17 bits per heavy atom. The smallest absolute Gasteiger partial charge is 0.0935 e. The normalized spacial score (nSPS) is 31.8. The van der Waals surface area contributed by atoms with E-state index in [0.29, 0.717) is 18.0 Å². The van der Waals surface area contributed by atoms with E-state index in [0.717, 1.165) is 19.4 Å². The van der Waals surface area contributed by atoms with Crippen molar-refractivity contribution in [2.24, 2.45) is 5.92 Å². The fourth-order valence-electron chi connectivity index (χ4n) is 2.19. The molecule has 1 nitrogen and oxygen atoms in total. The molecule has 12 heavy (non-hydrogen) atoms. The summed E-state index contributed by atoms with van der Waals surface area (Å²) in [6.07, 6.45) is 2.22. The molecule has 2 atom stereocenters. The molecule has 0 aromatic rings. The van der Waals surface area contributed by atoms with Crippen molar-refractivity contribution in [3.63, 3.8) is 0 Å². The molecule has 0 amide bonds. The van der Waals surface area contributed by atoms with Gasteiger partial charge in [0.1, 0.15) is 0 Å². The van der Waals surface area contributed by atoms with E-state index in [2.05, 4.69) is 25.7 Å². The third kappa shape index (κ3) is 1.98. The predicted molar refractivity (Wildman–Crippen MR) is 50.0 cm³/mol. The van der Waals surface area contributed by atoms with Crippen LogP contribution in [-0.2, 0) is 0 Å². The van der Waals surface area contributed by atoms with Crippen LogP contribution in [0.1, 0.15) is 33.6 Å². The van der Waals surface area contributed by atoms with Crippen LogP contribution in [-0.4, -0.2) is 30.2 Å². The second kappa shape index (κ2) is 4.22. The number of hydrogen-bond acceptors (Lipinski definition) is 1. The highest BCUT2D eigenvalue weighted by atomic mass is 19.1. The Hall–Kier alpha value is -0.110. The molecule has 0 aromatic carbocycles. The van der Waals surface area contributed by atoms with Crippen molar-refractivity contribution in [2.45, 2.75) is 45.7 Å². The quantitative estimate of drug-likeness (QED) is 0.633. The summed E-state index contributed by atoms with van der Waals surface area (Å²) in [5, 5.41) is 0. The van der Waals surface area contributed by atoms with E-state index < -0.39 is 0 Å². The number of nitrogens with zero attached hydrogens (tertiary/aromatic N) is 1. The van der Waals surface area contributed by atoms with E-state index in [9.17, 15) is 4.39 Å². The van der Waals surface area contributed by atoms with Crippen molar-refractivity contribution >= 4 is 0 Å². The second-order valence-electron chi connectivity index (χ2n) is 4.11. The molecule has 2 heteroatoms. The topological polar surface area (TPSA) is 3.24 Å². The Morgan fingerprint density at radius 3 is 2.50 bits per heavy atom. The number of alkyl halides is 1. The van der Waals surface area contributed by atoms with Crippen LogP contribution >= 0.6 is 0 Å². The van der Waals surface area contributed by atoms with Crippen molar-refractivity contribution < 1.29 is 4.39 Å². The van der Waals surface area contributed by atoms with Gasteiger partial charge in [-0.3, -0.25) is 9.29 Å². The molecule has 0 aliphatic carbocycles. The lowest BCUT2D eigenvalue weighted by atomic mass is 10.1. The van der Waals surface area contributed by atoms with E-state index in [1.807, 2.05) is 0 Å². The summed E-state index contributed by atoms with van der Waals surface area (Å²) in [4.78, 5) is 2.43. The Kier molecular flexibility index (Phi) is 3.51. The molecule has 1 saturated heterocycles. The van der Waals surface area contributed by atoms with Gasteiger partial charge < -0.3 is 0 Å². The molecule has 0 saturated carbocycles. The highest BCUT2D eigenvalue weighted by Gasteiger charge is 2.31. The van der Waals surface area contributed by atoms with E-state index >= 15 is 0 Å². The van der Waals surface area contributed by atoms with E-state index in [1.54, 1.807) is 0 Å². The molecule has 1 rings (SSSR count). The first kappa shape index (κ1) is 9.97. The Labute approximate surface area is 74.9 Å². The average molecular weight is 173 g/mol. The molecule has 1 unspecified atom stereocenters. The summed E-state index contributed by atoms with van der Waals surface area (Å²) in [7, 11) is 0. The molecule has 0 radical (unpaired) electrons. The lowest BCUT2D eigenvalue weighted by molar-refractivity contribution is 0.194. The third-order valence-corrected chi connectivity index (χ3v) is 2.90. The third-order valence-electron chi connectivity index (χ3n) is 2.90. The van der Waals surface area contributed by atoms with Crippen molar-refractivity contribution in [1.29, 1.82) is 0 Å². The Balaban J connectivity index is 2.50. The maximum Gasteiger partial charge on any atom is 0.0935 e. The van der Waals surface area contributed by atoms with Crippen LogP contribution in [0.2, 0.25) is 0 Å². The van der Waals surface area contributed by atoms with Gasteiger partial charge in [0.05, 0.1) is 6.67 Å². The second-order valence-corrected chi connectivity index (χ2v) is 4.11. The minimum Gasteiger partial charge on any atom is -0.298 e. The zero-order chi connectivity index (χ0) is 9.14. The van der Waals surface area contributed by atoms with Crippen LogP contribution in [0.25, 0.3) is 0 Å². The van der Waals surface area contributed by atoms with E-state index in [-0.39, 0.29) is 6.67 Å². The summed E-state index contributed by atoms with van der Waals surface area (Å²) in [6, 6.07) is 1.21. The predicted octanol–water partition coefficient (Wildman–Crippen LogP) is 2.46. The summed E-state index contributed by atoms with van der Waals surface area (Å²) in [5.41, 5.74) is 0. The van der Waals surface area contributed by atoms with Crippen LogP contribution < -0.4 is 0 Å². The molecule has 72 valence electrons. The largest absolute Gasteiger partial charge is 0.298 e. The van der Waals surface area contributed by atoms with Crippen LogP contribution in [0.4, 0.5) is 4.39 Å². The fraction of sp³-hybridized carbons (Fsp3) is 1.00. The Morgan fingerprint density at radius 1 is 1.50 bits per heavy atom. The standard InChI is InChI=1S/C10H20FN/c1-4-10-5-9(6-11)7-12(10)8(2)3/h8-10H,4-7H2,1-3H3/t9-,10?/m1/s1. The molecule has 1 heterocycles. The van der Waals surface area contributed by atoms with Crippen LogP contribution in [0, 0.1) is 5.92 Å². The minimum atomic E-state index is -0.139. The molecule has 0 N–H and O–H groups in total. The summed E-state index contributed by atoms with van der Waals surface area (Å²) in [6.45, 7) is 7.42. The molecule has 0 bridgehead atoms. The first-order valence-corrected chi connectivity index (χ1v) is 5.00. The maximum absolute atomic E-state index is 12.4. The number of hydrogen-bond donors (Lipinski definition) is 0. The van der Waals surface area contributed by atoms with Crippen molar-refractivity contribution in [2.75, 3.05) is 13.2 Å². The van der Waals surface area contributed by atoms with Crippen molar-refractivity contribution in [3.8, 4) is 0 Å². The molecule has 1 aliphatic rings. The monoisotopic (exact) mass is 173 g/mol. The van der Waals surface area contributed by atoms with Crippen LogP contribution in [0.5, 0.6) is 0 Å². The van der Waals surface area contributed by atoms with Gasteiger partial charge in [-0.2, -0.15) is 0 Å². The lowest BCUT2D eigenvalue weighted by Gasteiger charge is -2.27. The van der Waals surface area contributed by atoms with Gasteiger partial charge in [-0.25, -0.2) is 0 Å². The highest BCUT2D eigenvalue weighted by Crippen LogP contribution is 2.27. The van der Waals surface area contributed by atoms with Crippen LogP contribution in [0.15, 0.2) is 0 Å². The number of halogens is 1. The molecule has 1 aliphatic heterocycles. The van der Waals surface area contributed by atoms with Gasteiger partial charge >= 0.3 is 0 Å². The van der Waals surface area contributed by atoms with Gasteiger partial charge in [-0.05, 0) is 26.7 Å². The van der Waals surface area contributed by atoms with Gasteiger partial charge in [0.15, 0.2) is 0 Å². The SMILES string of the molecule is CCC1C[C@H](CF)CN1C(C)C. The number of likely N-dealkylation sites (tertiary alicyclic amines) is 1. The van der Waals surface area contributed by atoms with Gasteiger partial charge in [-0.1, -0.05) is 6.92 Å². The molecular formula is C10H20FN. The van der Waals surface area contributed by atoms with Gasteiger partial charge in [0.2, 0.25) is 0 Å². The van der Waals surface area contributed by atoms with Crippen LogP contribution in [0.3, 0.4) is 0 Å². The first-order valence-electron chi connectivity index (χ1n) is 5.00. The van der Waals surface area contributed by atoms with Gasteiger partial charge in [0.25, 0.3) is 0 Å². The summed E-state index contributed by atoms with van der Waals surface area (Å²) in [5.74, 6) is 0.303. The van der Waals surface area contributed by atoms with Gasteiger partial charge in [0, 0.05) is 24.5 Å². The van der Waals surface area contributed by atoms with Crippen molar-refractivity contribution in [3.05, 3.63) is 0 Å². The lowest BCUT2D eigenvalue weighted by Crippen LogP contribution is -2.35. The zero-order valence-corrected chi connectivity index (χ0v) is 8.39. The average Bonchev–Trinajstić information content (AvgIpc) is 2.47. The van der Waals surface area contributed by atoms with Crippen molar-refractivity contribution in [1.82, 2.24) is 4.90 Å². The Bertz CT molecular complexity index is 136. The molecule has 1 fully saturated rings. The first-order chi connectivity index (χ1) is 5.69. The maximum atomic E-state index is 12.4.